The standard InChI is InChI=1S/C15H28N2O3S/c1-15(7-9-16-10-8-15)12-17-14(18)6-11-21(19,20)13-4-2-3-5-13/h13,16H,2-12H2,1H3,(H,17,18). The highest BCUT2D eigenvalue weighted by Gasteiger charge is 2.30. The van der Waals surface area contributed by atoms with Crippen LogP contribution < -0.4 is 10.6 Å². The lowest BCUT2D eigenvalue weighted by atomic mass is 9.81. The van der Waals surface area contributed by atoms with Gasteiger partial charge in [0, 0.05) is 13.0 Å². The zero-order valence-corrected chi connectivity index (χ0v) is 13.8. The minimum Gasteiger partial charge on any atom is -0.356 e. The van der Waals surface area contributed by atoms with Crippen LogP contribution in [0.2, 0.25) is 0 Å². The zero-order valence-electron chi connectivity index (χ0n) is 13.0. The number of sulfone groups is 1. The van der Waals surface area contributed by atoms with Gasteiger partial charge >= 0.3 is 0 Å². The van der Waals surface area contributed by atoms with Crippen LogP contribution in [0.1, 0.15) is 51.9 Å². The first kappa shape index (κ1) is 16.7. The molecule has 6 heteroatoms. The van der Waals surface area contributed by atoms with Gasteiger partial charge in [-0.1, -0.05) is 19.8 Å². The van der Waals surface area contributed by atoms with E-state index in [9.17, 15) is 13.2 Å². The van der Waals surface area contributed by atoms with Crippen LogP contribution in [0.4, 0.5) is 0 Å². The van der Waals surface area contributed by atoms with Crippen LogP contribution in [0.3, 0.4) is 0 Å². The summed E-state index contributed by atoms with van der Waals surface area (Å²) in [4.78, 5) is 11.9. The van der Waals surface area contributed by atoms with Gasteiger partial charge in [-0.05, 0) is 44.2 Å². The molecule has 0 bridgehead atoms. The molecule has 1 saturated heterocycles. The van der Waals surface area contributed by atoms with Crippen LogP contribution in [-0.2, 0) is 14.6 Å². The van der Waals surface area contributed by atoms with Crippen LogP contribution in [0.15, 0.2) is 0 Å². The van der Waals surface area contributed by atoms with E-state index < -0.39 is 9.84 Å². The Labute approximate surface area is 128 Å². The molecule has 2 aliphatic rings. The molecule has 1 saturated carbocycles. The van der Waals surface area contributed by atoms with E-state index in [0.717, 1.165) is 51.6 Å². The molecule has 122 valence electrons. The lowest BCUT2D eigenvalue weighted by Gasteiger charge is -2.34. The summed E-state index contributed by atoms with van der Waals surface area (Å²) in [5.74, 6) is -0.127. The van der Waals surface area contributed by atoms with E-state index >= 15 is 0 Å². The summed E-state index contributed by atoms with van der Waals surface area (Å²) >= 11 is 0. The van der Waals surface area contributed by atoms with Crippen molar-refractivity contribution in [2.24, 2.45) is 5.41 Å². The average Bonchev–Trinajstić information content (AvgIpc) is 2.99. The van der Waals surface area contributed by atoms with Crippen molar-refractivity contribution in [2.75, 3.05) is 25.4 Å². The normalized spacial score (nSPS) is 23.1. The number of piperidine rings is 1. The van der Waals surface area contributed by atoms with Crippen LogP contribution >= 0.6 is 0 Å². The lowest BCUT2D eigenvalue weighted by molar-refractivity contribution is -0.121. The van der Waals surface area contributed by atoms with E-state index in [0.29, 0.717) is 6.54 Å². The molecule has 0 unspecified atom stereocenters. The van der Waals surface area contributed by atoms with E-state index in [4.69, 9.17) is 0 Å². The molecule has 0 aromatic rings. The van der Waals surface area contributed by atoms with Crippen molar-refractivity contribution in [1.29, 1.82) is 0 Å². The molecule has 0 spiro atoms. The quantitative estimate of drug-likeness (QED) is 0.773. The van der Waals surface area contributed by atoms with E-state index in [1.54, 1.807) is 0 Å². The van der Waals surface area contributed by atoms with E-state index in [2.05, 4.69) is 17.6 Å². The van der Waals surface area contributed by atoms with Crippen molar-refractivity contribution >= 4 is 15.7 Å². The van der Waals surface area contributed by atoms with E-state index in [1.807, 2.05) is 0 Å². The first-order chi connectivity index (χ1) is 9.91. The van der Waals surface area contributed by atoms with E-state index in [1.165, 1.54) is 0 Å². The number of carbonyl (C=O) groups excluding carboxylic acids is 1. The highest BCUT2D eigenvalue weighted by molar-refractivity contribution is 7.92. The second kappa shape index (κ2) is 7.09. The minimum atomic E-state index is -3.08. The summed E-state index contributed by atoms with van der Waals surface area (Å²) in [6.07, 6.45) is 5.75. The maximum absolute atomic E-state index is 12.1. The maximum Gasteiger partial charge on any atom is 0.221 e. The Morgan fingerprint density at radius 1 is 1.24 bits per heavy atom. The Balaban J connectivity index is 1.72. The summed E-state index contributed by atoms with van der Waals surface area (Å²) in [6.45, 7) is 4.81. The molecule has 0 atom stereocenters. The molecule has 2 fully saturated rings. The predicted octanol–water partition coefficient (Wildman–Crippen LogP) is 1.24. The summed E-state index contributed by atoms with van der Waals surface area (Å²) in [7, 11) is -3.08. The Morgan fingerprint density at radius 2 is 1.86 bits per heavy atom. The molecule has 0 aromatic carbocycles. The van der Waals surface area contributed by atoms with Crippen molar-refractivity contribution in [1.82, 2.24) is 10.6 Å². The maximum atomic E-state index is 12.1. The molecule has 2 rings (SSSR count). The molecular weight excluding hydrogens is 288 g/mol. The highest BCUT2D eigenvalue weighted by atomic mass is 32.2. The van der Waals surface area contributed by atoms with Crippen molar-refractivity contribution < 1.29 is 13.2 Å². The van der Waals surface area contributed by atoms with Gasteiger partial charge in [0.2, 0.25) is 5.91 Å². The Hall–Kier alpha value is -0.620. The second-order valence-corrected chi connectivity index (χ2v) is 9.26. The molecule has 1 aliphatic carbocycles. The van der Waals surface area contributed by atoms with Gasteiger partial charge in [0.25, 0.3) is 0 Å². The van der Waals surface area contributed by atoms with Gasteiger partial charge in [-0.3, -0.25) is 4.79 Å². The fourth-order valence-electron chi connectivity index (χ4n) is 3.26. The first-order valence-corrected chi connectivity index (χ1v) is 9.82. The first-order valence-electron chi connectivity index (χ1n) is 8.10. The third kappa shape index (κ3) is 4.95. The van der Waals surface area contributed by atoms with Gasteiger partial charge in [-0.25, -0.2) is 8.42 Å². The Morgan fingerprint density at radius 3 is 2.48 bits per heavy atom. The summed E-state index contributed by atoms with van der Waals surface area (Å²) < 4.78 is 24.2. The van der Waals surface area contributed by atoms with Crippen LogP contribution in [0, 0.1) is 5.41 Å². The smallest absolute Gasteiger partial charge is 0.221 e. The fourth-order valence-corrected chi connectivity index (χ4v) is 5.11. The Bertz CT molecular complexity index is 450. The zero-order chi connectivity index (χ0) is 15.3. The summed E-state index contributed by atoms with van der Waals surface area (Å²) in [6, 6.07) is 0. The summed E-state index contributed by atoms with van der Waals surface area (Å²) in [5, 5.41) is 6.04. The van der Waals surface area contributed by atoms with Crippen molar-refractivity contribution in [3.8, 4) is 0 Å². The molecule has 1 amide bonds. The van der Waals surface area contributed by atoms with E-state index in [-0.39, 0.29) is 28.7 Å². The molecule has 21 heavy (non-hydrogen) atoms. The number of hydrogen-bond acceptors (Lipinski definition) is 4. The second-order valence-electron chi connectivity index (χ2n) is 6.86. The number of rotatable bonds is 6. The third-order valence-electron chi connectivity index (χ3n) is 4.95. The van der Waals surface area contributed by atoms with Crippen LogP contribution in [-0.4, -0.2) is 45.0 Å². The van der Waals surface area contributed by atoms with Crippen LogP contribution in [0.25, 0.3) is 0 Å². The molecule has 0 aromatic heterocycles. The molecule has 0 radical (unpaired) electrons. The molecule has 2 N–H and O–H groups in total. The van der Waals surface area contributed by atoms with Gasteiger partial charge in [-0.15, -0.1) is 0 Å². The molecule has 5 nitrogen and oxygen atoms in total. The van der Waals surface area contributed by atoms with Gasteiger partial charge in [0.05, 0.1) is 11.0 Å². The highest BCUT2D eigenvalue weighted by Crippen LogP contribution is 2.27. The Kier molecular flexibility index (Phi) is 5.66. The minimum absolute atomic E-state index is 0.00176. The topological polar surface area (TPSA) is 75.3 Å². The SMILES string of the molecule is CC1(CNC(=O)CCS(=O)(=O)C2CCCC2)CCNCC1. The fraction of sp³-hybridized carbons (Fsp3) is 0.933. The third-order valence-corrected chi connectivity index (χ3v) is 7.21. The van der Waals surface area contributed by atoms with Crippen LogP contribution in [0.5, 0.6) is 0 Å². The molecule has 1 aliphatic heterocycles. The lowest BCUT2D eigenvalue weighted by Crippen LogP contribution is -2.43. The van der Waals surface area contributed by atoms with Gasteiger partial charge < -0.3 is 10.6 Å². The number of amides is 1. The van der Waals surface area contributed by atoms with Crippen molar-refractivity contribution in [2.45, 2.75) is 57.1 Å². The van der Waals surface area contributed by atoms with Gasteiger partial charge in [0.1, 0.15) is 0 Å². The number of carbonyl (C=O) groups is 1. The number of hydrogen-bond donors (Lipinski definition) is 2. The van der Waals surface area contributed by atoms with Gasteiger partial charge in [-0.2, -0.15) is 0 Å². The van der Waals surface area contributed by atoms with Gasteiger partial charge in [0.15, 0.2) is 9.84 Å². The molecule has 1 heterocycles. The monoisotopic (exact) mass is 316 g/mol. The summed E-state index contributed by atoms with van der Waals surface area (Å²) in [5.41, 5.74) is 0.144. The predicted molar refractivity (Wildman–Crippen MR) is 83.9 cm³/mol. The largest absolute Gasteiger partial charge is 0.356 e. The van der Waals surface area contributed by atoms with Crippen molar-refractivity contribution in [3.63, 3.8) is 0 Å². The molecular formula is C15H28N2O3S. The number of nitrogens with one attached hydrogen (secondary N) is 2. The average molecular weight is 316 g/mol. The van der Waals surface area contributed by atoms with Crippen molar-refractivity contribution in [3.05, 3.63) is 0 Å².